The van der Waals surface area contributed by atoms with Crippen LogP contribution in [0.4, 0.5) is 0 Å². The smallest absolute Gasteiger partial charge is 0.0982 e. The molecule has 0 aromatic rings. The van der Waals surface area contributed by atoms with Crippen LogP contribution >= 0.6 is 0 Å². The third-order valence-electron chi connectivity index (χ3n) is 2.21. The molecule has 2 nitrogen and oxygen atoms in total. The Labute approximate surface area is 74.9 Å². The molecule has 0 aliphatic carbocycles. The van der Waals surface area contributed by atoms with E-state index in [4.69, 9.17) is 4.84 Å². The van der Waals surface area contributed by atoms with Crippen LogP contribution in [0, 0.1) is 11.3 Å². The van der Waals surface area contributed by atoms with Crippen molar-refractivity contribution < 1.29 is 4.84 Å². The van der Waals surface area contributed by atoms with Crippen molar-refractivity contribution in [2.75, 3.05) is 6.61 Å². The van der Waals surface area contributed by atoms with Crippen LogP contribution in [0.15, 0.2) is 11.3 Å². The summed E-state index contributed by atoms with van der Waals surface area (Å²) in [5.74, 6) is 0.529. The van der Waals surface area contributed by atoms with E-state index in [1.807, 2.05) is 0 Å². The molecule has 0 amide bonds. The summed E-state index contributed by atoms with van der Waals surface area (Å²) in [5.41, 5.74) is 5.88. The zero-order valence-electron chi connectivity index (χ0n) is 8.69. The Morgan fingerprint density at radius 3 is 2.25 bits per heavy atom. The summed E-state index contributed by atoms with van der Waals surface area (Å²) >= 11 is 0. The number of hydrogen-bond acceptors (Lipinski definition) is 2. The van der Waals surface area contributed by atoms with Gasteiger partial charge in [-0.05, 0) is 16.9 Å². The summed E-state index contributed by atoms with van der Waals surface area (Å²) < 4.78 is 0. The molecule has 0 aromatic carbocycles. The van der Waals surface area contributed by atoms with Gasteiger partial charge in [0.15, 0.2) is 0 Å². The number of nitrogens with one attached hydrogen (secondary N) is 1. The highest BCUT2D eigenvalue weighted by molar-refractivity contribution is 5.22. The largest absolute Gasteiger partial charge is 0.272 e. The SMILES string of the molecule is CC(C)C1=C(C(C)(C)C)CON1. The lowest BCUT2D eigenvalue weighted by atomic mass is 9.84. The molecule has 0 fully saturated rings. The summed E-state index contributed by atoms with van der Waals surface area (Å²) in [7, 11) is 0. The van der Waals surface area contributed by atoms with Crippen LogP contribution in [-0.2, 0) is 4.84 Å². The van der Waals surface area contributed by atoms with Crippen molar-refractivity contribution in [2.45, 2.75) is 34.6 Å². The van der Waals surface area contributed by atoms with Crippen LogP contribution in [0.25, 0.3) is 0 Å². The molecule has 0 aromatic heterocycles. The number of rotatable bonds is 1. The van der Waals surface area contributed by atoms with Gasteiger partial charge < -0.3 is 0 Å². The fourth-order valence-electron chi connectivity index (χ4n) is 1.41. The lowest BCUT2D eigenvalue weighted by Gasteiger charge is -2.21. The van der Waals surface area contributed by atoms with Crippen molar-refractivity contribution in [2.24, 2.45) is 11.3 Å². The van der Waals surface area contributed by atoms with E-state index >= 15 is 0 Å². The van der Waals surface area contributed by atoms with Gasteiger partial charge in [-0.2, -0.15) is 0 Å². The van der Waals surface area contributed by atoms with Gasteiger partial charge in [0, 0.05) is 5.70 Å². The first-order valence-corrected chi connectivity index (χ1v) is 4.54. The molecule has 0 unspecified atom stereocenters. The predicted octanol–water partition coefficient (Wildman–Crippen LogP) is 2.48. The molecule has 12 heavy (non-hydrogen) atoms. The van der Waals surface area contributed by atoms with E-state index in [-0.39, 0.29) is 5.41 Å². The maximum absolute atomic E-state index is 5.23. The molecular weight excluding hydrogens is 150 g/mol. The quantitative estimate of drug-likeness (QED) is 0.651. The van der Waals surface area contributed by atoms with E-state index < -0.39 is 0 Å². The Morgan fingerprint density at radius 1 is 1.33 bits per heavy atom. The molecule has 0 saturated heterocycles. The van der Waals surface area contributed by atoms with Crippen LogP contribution in [0.5, 0.6) is 0 Å². The molecule has 1 aliphatic heterocycles. The van der Waals surface area contributed by atoms with Crippen molar-refractivity contribution in [3.05, 3.63) is 11.3 Å². The fourth-order valence-corrected chi connectivity index (χ4v) is 1.41. The lowest BCUT2D eigenvalue weighted by Crippen LogP contribution is -2.15. The molecular formula is C10H19NO. The second-order valence-corrected chi connectivity index (χ2v) is 4.69. The average molecular weight is 169 g/mol. The van der Waals surface area contributed by atoms with E-state index in [9.17, 15) is 0 Å². The highest BCUT2D eigenvalue weighted by Gasteiger charge is 2.27. The van der Waals surface area contributed by atoms with Gasteiger partial charge >= 0.3 is 0 Å². The van der Waals surface area contributed by atoms with E-state index in [0.717, 1.165) is 6.61 Å². The van der Waals surface area contributed by atoms with Crippen molar-refractivity contribution in [3.63, 3.8) is 0 Å². The monoisotopic (exact) mass is 169 g/mol. The molecule has 70 valence electrons. The van der Waals surface area contributed by atoms with Crippen LogP contribution in [0.3, 0.4) is 0 Å². The minimum absolute atomic E-state index is 0.225. The third kappa shape index (κ3) is 1.81. The number of allylic oxidation sites excluding steroid dienone is 1. The standard InChI is InChI=1S/C10H19NO/c1-7(2)9-8(6-12-11-9)10(3,4)5/h7,11H,6H2,1-5H3. The van der Waals surface area contributed by atoms with Gasteiger partial charge in [-0.25, -0.2) is 0 Å². The van der Waals surface area contributed by atoms with Gasteiger partial charge in [0.1, 0.15) is 0 Å². The second kappa shape index (κ2) is 3.09. The minimum Gasteiger partial charge on any atom is -0.272 e. The maximum atomic E-state index is 5.23. The van der Waals surface area contributed by atoms with E-state index in [1.165, 1.54) is 11.3 Å². The summed E-state index contributed by atoms with van der Waals surface area (Å²) in [6.07, 6.45) is 0. The van der Waals surface area contributed by atoms with E-state index in [2.05, 4.69) is 40.1 Å². The Hall–Kier alpha value is -0.500. The predicted molar refractivity (Wildman–Crippen MR) is 50.4 cm³/mol. The van der Waals surface area contributed by atoms with Gasteiger partial charge in [0.05, 0.1) is 6.61 Å². The lowest BCUT2D eigenvalue weighted by molar-refractivity contribution is 0.0979. The third-order valence-corrected chi connectivity index (χ3v) is 2.21. The normalized spacial score (nSPS) is 18.8. The van der Waals surface area contributed by atoms with Gasteiger partial charge in [-0.15, -0.1) is 0 Å². The minimum atomic E-state index is 0.225. The van der Waals surface area contributed by atoms with Gasteiger partial charge in [-0.3, -0.25) is 10.3 Å². The molecule has 0 spiro atoms. The Bertz CT molecular complexity index is 198. The highest BCUT2D eigenvalue weighted by atomic mass is 16.6. The second-order valence-electron chi connectivity index (χ2n) is 4.69. The van der Waals surface area contributed by atoms with Gasteiger partial charge in [0.25, 0.3) is 0 Å². The van der Waals surface area contributed by atoms with Crippen LogP contribution in [0.2, 0.25) is 0 Å². The van der Waals surface area contributed by atoms with Crippen LogP contribution < -0.4 is 5.48 Å². The van der Waals surface area contributed by atoms with Gasteiger partial charge in [-0.1, -0.05) is 34.6 Å². The molecule has 1 N–H and O–H groups in total. The Morgan fingerprint density at radius 2 is 1.92 bits per heavy atom. The molecule has 0 atom stereocenters. The van der Waals surface area contributed by atoms with Crippen molar-refractivity contribution in [1.29, 1.82) is 0 Å². The molecule has 0 saturated carbocycles. The summed E-state index contributed by atoms with van der Waals surface area (Å²) in [4.78, 5) is 5.23. The molecule has 1 heterocycles. The zero-order valence-corrected chi connectivity index (χ0v) is 8.69. The molecule has 2 heteroatoms. The first kappa shape index (κ1) is 9.59. The fraction of sp³-hybridized carbons (Fsp3) is 0.800. The topological polar surface area (TPSA) is 21.3 Å². The Kier molecular flexibility index (Phi) is 2.47. The number of hydrogen-bond donors (Lipinski definition) is 1. The first-order chi connectivity index (χ1) is 5.43. The molecule has 1 aliphatic rings. The highest BCUT2D eigenvalue weighted by Crippen LogP contribution is 2.32. The van der Waals surface area contributed by atoms with Crippen molar-refractivity contribution in [3.8, 4) is 0 Å². The van der Waals surface area contributed by atoms with E-state index in [1.54, 1.807) is 0 Å². The maximum Gasteiger partial charge on any atom is 0.0982 e. The van der Waals surface area contributed by atoms with Crippen molar-refractivity contribution in [1.82, 2.24) is 5.48 Å². The van der Waals surface area contributed by atoms with Crippen LogP contribution in [-0.4, -0.2) is 6.61 Å². The van der Waals surface area contributed by atoms with Gasteiger partial charge in [0.2, 0.25) is 0 Å². The van der Waals surface area contributed by atoms with Crippen LogP contribution in [0.1, 0.15) is 34.6 Å². The molecule has 0 bridgehead atoms. The van der Waals surface area contributed by atoms with E-state index in [0.29, 0.717) is 5.92 Å². The average Bonchev–Trinajstić information content (AvgIpc) is 2.30. The Balaban J connectivity index is 2.92. The number of hydroxylamine groups is 1. The van der Waals surface area contributed by atoms with Crippen molar-refractivity contribution >= 4 is 0 Å². The first-order valence-electron chi connectivity index (χ1n) is 4.54. The zero-order chi connectivity index (χ0) is 9.35. The summed E-state index contributed by atoms with van der Waals surface area (Å²) in [6.45, 7) is 11.8. The molecule has 1 rings (SSSR count). The summed E-state index contributed by atoms with van der Waals surface area (Å²) in [5, 5.41) is 0. The molecule has 0 radical (unpaired) electrons. The summed E-state index contributed by atoms with van der Waals surface area (Å²) in [6, 6.07) is 0.